The van der Waals surface area contributed by atoms with Crippen LogP contribution in [0.2, 0.25) is 0 Å². The molecule has 0 radical (unpaired) electrons. The van der Waals surface area contributed by atoms with Gasteiger partial charge in [-0.1, -0.05) is 27.2 Å². The van der Waals surface area contributed by atoms with Gasteiger partial charge in [-0.05, 0) is 36.7 Å². The van der Waals surface area contributed by atoms with E-state index >= 15 is 0 Å². The largest absolute Gasteiger partial charge is 0.492 e. The van der Waals surface area contributed by atoms with Gasteiger partial charge in [-0.25, -0.2) is 0 Å². The quantitative estimate of drug-likeness (QED) is 0.880. The minimum atomic E-state index is -0.435. The lowest BCUT2D eigenvalue weighted by Crippen LogP contribution is -2.24. The Morgan fingerprint density at radius 1 is 1.47 bits per heavy atom. The van der Waals surface area contributed by atoms with Gasteiger partial charge in [0.05, 0.1) is 18.9 Å². The maximum absolute atomic E-state index is 10.6. The zero-order valence-corrected chi connectivity index (χ0v) is 12.2. The average molecular weight is 263 g/mol. The van der Waals surface area contributed by atoms with Crippen LogP contribution < -0.4 is 4.74 Å². The molecule has 1 saturated carbocycles. The van der Waals surface area contributed by atoms with Gasteiger partial charge in [0, 0.05) is 11.8 Å². The third kappa shape index (κ3) is 3.27. The van der Waals surface area contributed by atoms with Crippen LogP contribution >= 0.6 is 0 Å². The van der Waals surface area contributed by atoms with Gasteiger partial charge < -0.3 is 9.84 Å². The average Bonchev–Trinajstić information content (AvgIpc) is 2.75. The molecular weight excluding hydrogens is 238 g/mol. The number of rotatable bonds is 5. The summed E-state index contributed by atoms with van der Waals surface area (Å²) in [6.45, 7) is 7.26. The van der Waals surface area contributed by atoms with Gasteiger partial charge in [0.25, 0.3) is 0 Å². The van der Waals surface area contributed by atoms with Crippen LogP contribution in [0.3, 0.4) is 0 Å². The molecule has 1 N–H and O–H groups in total. The number of pyridine rings is 1. The molecule has 0 spiro atoms. The zero-order valence-electron chi connectivity index (χ0n) is 12.2. The molecule has 1 aromatic rings. The Labute approximate surface area is 116 Å². The standard InChI is InChI=1S/C16H25NO2/c1-4-8-19-13-9-12(10-17-11-13)15(18)14-6-5-7-16(14,2)3/h9-11,14-15,18H,4-8H2,1-3H3. The number of ether oxygens (including phenoxy) is 1. The van der Waals surface area contributed by atoms with E-state index in [0.717, 1.165) is 24.2 Å². The van der Waals surface area contributed by atoms with Gasteiger partial charge in [-0.2, -0.15) is 0 Å². The van der Waals surface area contributed by atoms with Crippen LogP contribution in [0.5, 0.6) is 5.75 Å². The topological polar surface area (TPSA) is 42.4 Å². The Kier molecular flexibility index (Phi) is 4.46. The normalized spacial score (nSPS) is 23.3. The van der Waals surface area contributed by atoms with E-state index < -0.39 is 6.10 Å². The first kappa shape index (κ1) is 14.3. The first-order valence-corrected chi connectivity index (χ1v) is 7.30. The molecular formula is C16H25NO2. The van der Waals surface area contributed by atoms with E-state index in [1.807, 2.05) is 6.07 Å². The van der Waals surface area contributed by atoms with Crippen molar-refractivity contribution in [2.75, 3.05) is 6.61 Å². The second kappa shape index (κ2) is 5.91. The van der Waals surface area contributed by atoms with Gasteiger partial charge >= 0.3 is 0 Å². The summed E-state index contributed by atoms with van der Waals surface area (Å²) in [4.78, 5) is 4.19. The molecule has 1 aliphatic carbocycles. The molecule has 1 aromatic heterocycles. The number of aliphatic hydroxyl groups excluding tert-OH is 1. The fourth-order valence-electron chi connectivity index (χ4n) is 3.07. The first-order chi connectivity index (χ1) is 9.04. The number of hydrogen-bond donors (Lipinski definition) is 1. The molecule has 1 fully saturated rings. The van der Waals surface area contributed by atoms with E-state index in [0.29, 0.717) is 12.5 Å². The molecule has 106 valence electrons. The molecule has 2 rings (SSSR count). The lowest BCUT2D eigenvalue weighted by atomic mass is 9.77. The molecule has 0 aliphatic heterocycles. The Morgan fingerprint density at radius 2 is 2.26 bits per heavy atom. The Bertz CT molecular complexity index is 417. The third-order valence-corrected chi connectivity index (χ3v) is 4.27. The molecule has 3 nitrogen and oxygen atoms in total. The minimum absolute atomic E-state index is 0.208. The highest BCUT2D eigenvalue weighted by atomic mass is 16.5. The van der Waals surface area contributed by atoms with Crippen molar-refractivity contribution >= 4 is 0 Å². The Hall–Kier alpha value is -1.09. The van der Waals surface area contributed by atoms with Gasteiger partial charge in [0.1, 0.15) is 5.75 Å². The smallest absolute Gasteiger partial charge is 0.137 e. The van der Waals surface area contributed by atoms with Crippen molar-refractivity contribution < 1.29 is 9.84 Å². The predicted octanol–water partition coefficient (Wildman–Crippen LogP) is 3.73. The number of nitrogens with zero attached hydrogens (tertiary/aromatic N) is 1. The Balaban J connectivity index is 2.12. The predicted molar refractivity (Wildman–Crippen MR) is 76.1 cm³/mol. The van der Waals surface area contributed by atoms with Crippen molar-refractivity contribution in [2.24, 2.45) is 11.3 Å². The van der Waals surface area contributed by atoms with Gasteiger partial charge in [0.15, 0.2) is 0 Å². The van der Waals surface area contributed by atoms with E-state index in [4.69, 9.17) is 4.74 Å². The van der Waals surface area contributed by atoms with E-state index in [1.165, 1.54) is 12.8 Å². The molecule has 2 atom stereocenters. The summed E-state index contributed by atoms with van der Waals surface area (Å²) in [6.07, 6.45) is 7.50. The van der Waals surface area contributed by atoms with E-state index in [1.54, 1.807) is 12.4 Å². The minimum Gasteiger partial charge on any atom is -0.492 e. The molecule has 1 heterocycles. The van der Waals surface area contributed by atoms with Crippen molar-refractivity contribution in [1.29, 1.82) is 0 Å². The molecule has 0 saturated heterocycles. The lowest BCUT2D eigenvalue weighted by Gasteiger charge is -2.31. The zero-order chi connectivity index (χ0) is 13.9. The summed E-state index contributed by atoms with van der Waals surface area (Å²) in [5.41, 5.74) is 1.09. The molecule has 3 heteroatoms. The van der Waals surface area contributed by atoms with Crippen LogP contribution in [-0.2, 0) is 0 Å². The molecule has 0 aromatic carbocycles. The van der Waals surface area contributed by atoms with Crippen molar-refractivity contribution in [3.8, 4) is 5.75 Å². The van der Waals surface area contributed by atoms with Gasteiger partial charge in [0.2, 0.25) is 0 Å². The maximum atomic E-state index is 10.6. The van der Waals surface area contributed by atoms with Crippen LogP contribution in [0.25, 0.3) is 0 Å². The third-order valence-electron chi connectivity index (χ3n) is 4.27. The summed E-state index contributed by atoms with van der Waals surface area (Å²) in [6, 6.07) is 1.93. The number of aliphatic hydroxyl groups is 1. The monoisotopic (exact) mass is 263 g/mol. The van der Waals surface area contributed by atoms with Crippen molar-refractivity contribution in [3.63, 3.8) is 0 Å². The summed E-state index contributed by atoms with van der Waals surface area (Å²) in [7, 11) is 0. The molecule has 0 amide bonds. The summed E-state index contributed by atoms with van der Waals surface area (Å²) >= 11 is 0. The van der Waals surface area contributed by atoms with Crippen LogP contribution in [-0.4, -0.2) is 16.7 Å². The summed E-state index contributed by atoms with van der Waals surface area (Å²) in [5.74, 6) is 1.07. The van der Waals surface area contributed by atoms with Gasteiger partial charge in [-0.3, -0.25) is 4.98 Å². The highest BCUT2D eigenvalue weighted by Gasteiger charge is 2.39. The molecule has 0 bridgehead atoms. The van der Waals surface area contributed by atoms with Gasteiger partial charge in [-0.15, -0.1) is 0 Å². The van der Waals surface area contributed by atoms with Crippen LogP contribution in [0.15, 0.2) is 18.5 Å². The number of hydrogen-bond acceptors (Lipinski definition) is 3. The van der Waals surface area contributed by atoms with E-state index in [9.17, 15) is 5.11 Å². The fraction of sp³-hybridized carbons (Fsp3) is 0.688. The van der Waals surface area contributed by atoms with Crippen molar-refractivity contribution in [3.05, 3.63) is 24.0 Å². The molecule has 1 aliphatic rings. The van der Waals surface area contributed by atoms with Crippen molar-refractivity contribution in [2.45, 2.75) is 52.6 Å². The highest BCUT2D eigenvalue weighted by molar-refractivity contribution is 5.26. The molecule has 2 unspecified atom stereocenters. The van der Waals surface area contributed by atoms with E-state index in [-0.39, 0.29) is 5.41 Å². The highest BCUT2D eigenvalue weighted by Crippen LogP contribution is 2.48. The molecule has 19 heavy (non-hydrogen) atoms. The Morgan fingerprint density at radius 3 is 2.89 bits per heavy atom. The SMILES string of the molecule is CCCOc1cncc(C(O)C2CCCC2(C)C)c1. The summed E-state index contributed by atoms with van der Waals surface area (Å²) in [5, 5.41) is 10.6. The number of aromatic nitrogens is 1. The maximum Gasteiger partial charge on any atom is 0.137 e. The fourth-order valence-corrected chi connectivity index (χ4v) is 3.07. The lowest BCUT2D eigenvalue weighted by molar-refractivity contribution is 0.0527. The van der Waals surface area contributed by atoms with Crippen LogP contribution in [0, 0.1) is 11.3 Å². The van der Waals surface area contributed by atoms with Crippen LogP contribution in [0.4, 0.5) is 0 Å². The first-order valence-electron chi connectivity index (χ1n) is 7.30. The van der Waals surface area contributed by atoms with Crippen molar-refractivity contribution in [1.82, 2.24) is 4.98 Å². The second-order valence-electron chi connectivity index (χ2n) is 6.23. The summed E-state index contributed by atoms with van der Waals surface area (Å²) < 4.78 is 5.59. The van der Waals surface area contributed by atoms with E-state index in [2.05, 4.69) is 25.8 Å². The van der Waals surface area contributed by atoms with Crippen LogP contribution in [0.1, 0.15) is 58.1 Å². The second-order valence-corrected chi connectivity index (χ2v) is 6.23.